The van der Waals surface area contributed by atoms with E-state index in [1.165, 1.54) is 5.56 Å². The summed E-state index contributed by atoms with van der Waals surface area (Å²) in [6, 6.07) is 17.3. The van der Waals surface area contributed by atoms with Gasteiger partial charge in [-0.2, -0.15) is 0 Å². The van der Waals surface area contributed by atoms with Crippen molar-refractivity contribution >= 4 is 34.1 Å². The van der Waals surface area contributed by atoms with Crippen LogP contribution in [0.5, 0.6) is 5.75 Å². The highest BCUT2D eigenvalue weighted by atomic mass is 16.5. The molecule has 7 heteroatoms. The van der Waals surface area contributed by atoms with Crippen molar-refractivity contribution in [1.29, 1.82) is 0 Å². The number of hydrogen-bond donors (Lipinski definition) is 1. The van der Waals surface area contributed by atoms with Crippen LogP contribution in [0.2, 0.25) is 0 Å². The van der Waals surface area contributed by atoms with Crippen LogP contribution >= 0.6 is 0 Å². The van der Waals surface area contributed by atoms with E-state index in [1.54, 1.807) is 32.2 Å². The van der Waals surface area contributed by atoms with Gasteiger partial charge in [0, 0.05) is 35.3 Å². The van der Waals surface area contributed by atoms with Gasteiger partial charge in [-0.25, -0.2) is 4.98 Å². The summed E-state index contributed by atoms with van der Waals surface area (Å²) in [5.41, 5.74) is 3.67. The first-order valence-corrected chi connectivity index (χ1v) is 9.71. The molecule has 4 aromatic rings. The highest BCUT2D eigenvalue weighted by molar-refractivity contribution is 6.04. The molecule has 7 nitrogen and oxygen atoms in total. The van der Waals surface area contributed by atoms with Gasteiger partial charge in [0.1, 0.15) is 17.3 Å². The second-order valence-corrected chi connectivity index (χ2v) is 7.26. The molecule has 0 atom stereocenters. The van der Waals surface area contributed by atoms with Crippen LogP contribution in [0.3, 0.4) is 0 Å². The molecule has 2 aromatic heterocycles. The van der Waals surface area contributed by atoms with Gasteiger partial charge in [0.05, 0.1) is 12.6 Å². The predicted octanol–water partition coefficient (Wildman–Crippen LogP) is 4.49. The second kappa shape index (κ2) is 7.18. The van der Waals surface area contributed by atoms with Crippen LogP contribution < -0.4 is 15.0 Å². The molecule has 5 rings (SSSR count). The lowest BCUT2D eigenvalue weighted by molar-refractivity contribution is 0.102. The number of carbonyl (C=O) groups excluding carboxylic acids is 1. The highest BCUT2D eigenvalue weighted by Gasteiger charge is 2.23. The number of fused-ring (bicyclic) bond motifs is 2. The molecule has 1 aliphatic rings. The van der Waals surface area contributed by atoms with E-state index in [-0.39, 0.29) is 5.91 Å². The van der Waals surface area contributed by atoms with Gasteiger partial charge in [-0.1, -0.05) is 5.16 Å². The molecule has 1 N–H and O–H groups in total. The molecule has 0 unspecified atom stereocenters. The van der Waals surface area contributed by atoms with Crippen molar-refractivity contribution in [1.82, 2.24) is 10.1 Å². The van der Waals surface area contributed by atoms with Crippen LogP contribution in [0.4, 0.5) is 17.3 Å². The van der Waals surface area contributed by atoms with Gasteiger partial charge in [0.2, 0.25) is 0 Å². The summed E-state index contributed by atoms with van der Waals surface area (Å²) in [5, 5.41) is 7.63. The SMILES string of the molecule is COc1ccc2cc3c(nc2c1)N(c1ccc(C(=O)Nc2cc(C)on2)cc1)CC3. The van der Waals surface area contributed by atoms with Crippen molar-refractivity contribution in [3.05, 3.63) is 71.5 Å². The molecular weight excluding hydrogens is 380 g/mol. The Kier molecular flexibility index (Phi) is 4.35. The fourth-order valence-electron chi connectivity index (χ4n) is 3.72. The normalized spacial score (nSPS) is 12.8. The molecule has 30 heavy (non-hydrogen) atoms. The van der Waals surface area contributed by atoms with E-state index in [4.69, 9.17) is 14.2 Å². The summed E-state index contributed by atoms with van der Waals surface area (Å²) < 4.78 is 10.3. The molecule has 0 radical (unpaired) electrons. The lowest BCUT2D eigenvalue weighted by Crippen LogP contribution is -2.15. The van der Waals surface area contributed by atoms with Gasteiger partial charge in [-0.3, -0.25) is 4.79 Å². The minimum atomic E-state index is -0.229. The van der Waals surface area contributed by atoms with Crippen molar-refractivity contribution in [3.8, 4) is 5.75 Å². The van der Waals surface area contributed by atoms with Crippen molar-refractivity contribution in [2.24, 2.45) is 0 Å². The Bertz CT molecular complexity index is 1250. The molecule has 1 aliphatic heterocycles. The monoisotopic (exact) mass is 400 g/mol. The van der Waals surface area contributed by atoms with Gasteiger partial charge in [0.15, 0.2) is 5.82 Å². The number of nitrogens with one attached hydrogen (secondary N) is 1. The van der Waals surface area contributed by atoms with Gasteiger partial charge >= 0.3 is 0 Å². The molecule has 150 valence electrons. The molecule has 0 spiro atoms. The van der Waals surface area contributed by atoms with E-state index in [2.05, 4.69) is 21.4 Å². The number of aryl methyl sites for hydroxylation is 1. The van der Waals surface area contributed by atoms with Crippen molar-refractivity contribution in [2.75, 3.05) is 23.9 Å². The summed E-state index contributed by atoms with van der Waals surface area (Å²) in [6.45, 7) is 2.62. The number of methoxy groups -OCH3 is 1. The Morgan fingerprint density at radius 3 is 2.70 bits per heavy atom. The maximum atomic E-state index is 12.4. The van der Waals surface area contributed by atoms with Crippen LogP contribution in [0.25, 0.3) is 10.9 Å². The average molecular weight is 400 g/mol. The maximum Gasteiger partial charge on any atom is 0.256 e. The van der Waals surface area contributed by atoms with Gasteiger partial charge in [-0.15, -0.1) is 0 Å². The summed E-state index contributed by atoms with van der Waals surface area (Å²) in [4.78, 5) is 19.5. The highest BCUT2D eigenvalue weighted by Crippen LogP contribution is 2.35. The molecule has 0 bridgehead atoms. The first-order chi connectivity index (χ1) is 14.6. The third-order valence-corrected chi connectivity index (χ3v) is 5.25. The molecule has 3 heterocycles. The van der Waals surface area contributed by atoms with Crippen LogP contribution in [-0.2, 0) is 6.42 Å². The Balaban J connectivity index is 1.40. The van der Waals surface area contributed by atoms with Gasteiger partial charge in [0.25, 0.3) is 5.91 Å². The zero-order valence-electron chi connectivity index (χ0n) is 16.7. The average Bonchev–Trinajstić information content (AvgIpc) is 3.37. The topological polar surface area (TPSA) is 80.5 Å². The number of ether oxygens (including phenoxy) is 1. The fourth-order valence-corrected chi connectivity index (χ4v) is 3.72. The number of pyridine rings is 1. The van der Waals surface area contributed by atoms with Crippen molar-refractivity contribution < 1.29 is 14.1 Å². The number of nitrogens with zero attached hydrogens (tertiary/aromatic N) is 3. The zero-order chi connectivity index (χ0) is 20.7. The van der Waals surface area contributed by atoms with E-state index in [1.807, 2.05) is 30.3 Å². The Labute approximate surface area is 173 Å². The van der Waals surface area contributed by atoms with Gasteiger partial charge in [-0.05, 0) is 61.4 Å². The molecule has 0 saturated heterocycles. The number of benzene rings is 2. The zero-order valence-corrected chi connectivity index (χ0v) is 16.7. The standard InChI is InChI=1S/C23H20N4O3/c1-14-11-21(26-30-14)25-23(28)15-3-6-18(7-4-15)27-10-9-17-12-16-5-8-19(29-2)13-20(16)24-22(17)27/h3-8,11-13H,9-10H2,1-2H3,(H,25,26,28). The Hall–Kier alpha value is -3.87. The number of anilines is 3. The first kappa shape index (κ1) is 18.2. The number of aromatic nitrogens is 2. The van der Waals surface area contributed by atoms with E-state index in [0.717, 1.165) is 41.1 Å². The van der Waals surface area contributed by atoms with Crippen molar-refractivity contribution in [2.45, 2.75) is 13.3 Å². The summed E-state index contributed by atoms with van der Waals surface area (Å²) >= 11 is 0. The van der Waals surface area contributed by atoms with Gasteiger partial charge < -0.3 is 19.5 Å². The fraction of sp³-hybridized carbons (Fsp3) is 0.174. The van der Waals surface area contributed by atoms with E-state index in [9.17, 15) is 4.79 Å². The molecule has 0 saturated carbocycles. The number of rotatable bonds is 4. The molecule has 1 amide bonds. The minimum absolute atomic E-state index is 0.229. The summed E-state index contributed by atoms with van der Waals surface area (Å²) in [6.07, 6.45) is 0.929. The van der Waals surface area contributed by atoms with Crippen LogP contribution in [-0.4, -0.2) is 29.7 Å². The predicted molar refractivity (Wildman–Crippen MR) is 115 cm³/mol. The lowest BCUT2D eigenvalue weighted by Gasteiger charge is -2.19. The number of amides is 1. The quantitative estimate of drug-likeness (QED) is 0.544. The smallest absolute Gasteiger partial charge is 0.256 e. The third-order valence-electron chi connectivity index (χ3n) is 5.25. The summed E-state index contributed by atoms with van der Waals surface area (Å²) in [7, 11) is 1.66. The van der Waals surface area contributed by atoms with Crippen LogP contribution in [0.1, 0.15) is 21.7 Å². The minimum Gasteiger partial charge on any atom is -0.497 e. The molecule has 0 aliphatic carbocycles. The Morgan fingerprint density at radius 2 is 1.97 bits per heavy atom. The van der Waals surface area contributed by atoms with E-state index < -0.39 is 0 Å². The van der Waals surface area contributed by atoms with Crippen LogP contribution in [0, 0.1) is 6.92 Å². The summed E-state index contributed by atoms with van der Waals surface area (Å²) in [5.74, 6) is 2.56. The lowest BCUT2D eigenvalue weighted by atomic mass is 10.1. The molecular formula is C23H20N4O3. The third kappa shape index (κ3) is 3.24. The van der Waals surface area contributed by atoms with Crippen molar-refractivity contribution in [3.63, 3.8) is 0 Å². The van der Waals surface area contributed by atoms with E-state index in [0.29, 0.717) is 17.1 Å². The second-order valence-electron chi connectivity index (χ2n) is 7.26. The van der Waals surface area contributed by atoms with Crippen LogP contribution in [0.15, 0.2) is 59.1 Å². The molecule has 0 fully saturated rings. The Morgan fingerprint density at radius 1 is 1.13 bits per heavy atom. The molecule has 2 aromatic carbocycles. The first-order valence-electron chi connectivity index (χ1n) is 9.71. The van der Waals surface area contributed by atoms with E-state index >= 15 is 0 Å². The largest absolute Gasteiger partial charge is 0.497 e. The maximum absolute atomic E-state index is 12.4. The number of carbonyl (C=O) groups is 1. The number of hydrogen-bond acceptors (Lipinski definition) is 6.